The quantitative estimate of drug-likeness (QED) is 0.180. The first-order chi connectivity index (χ1) is 24.3. The van der Waals surface area contributed by atoms with Gasteiger partial charge in [0.25, 0.3) is 0 Å². The van der Waals surface area contributed by atoms with Gasteiger partial charge in [-0.05, 0) is 81.9 Å². The standard InChI is InChI=1S/C47H32N2/c1-3-14-33(15-4-1)40-31-44(34-16-5-2-6-17-34)48-45(32-40)39-22-12-20-37(29-39)35-18-11-19-36(28-35)38-21-13-23-41(30-38)49-46-26-9-7-24-42(46)43-25-8-10-27-47(43)49/h1-32H. The lowest BCUT2D eigenvalue weighted by Gasteiger charge is -2.13. The van der Waals surface area contributed by atoms with Gasteiger partial charge in [0.15, 0.2) is 0 Å². The van der Waals surface area contributed by atoms with Crippen LogP contribution in [0.5, 0.6) is 0 Å². The molecule has 0 aliphatic heterocycles. The number of fused-ring (bicyclic) bond motifs is 3. The molecule has 0 unspecified atom stereocenters. The fourth-order valence-electron chi connectivity index (χ4n) is 6.99. The Bertz CT molecular complexity index is 2490. The SMILES string of the molecule is c1ccc(-c2cc(-c3ccccc3)nc(-c3cccc(-c4cccc(-c5cccc(-n6c7ccccc7c7ccccc76)c5)c4)c3)c2)cc1. The Labute approximate surface area is 286 Å². The van der Waals surface area contributed by atoms with E-state index in [0.717, 1.165) is 39.3 Å². The molecule has 49 heavy (non-hydrogen) atoms. The number of nitrogens with zero attached hydrogens (tertiary/aromatic N) is 2. The first-order valence-electron chi connectivity index (χ1n) is 16.7. The zero-order chi connectivity index (χ0) is 32.6. The van der Waals surface area contributed by atoms with Crippen molar-refractivity contribution in [2.45, 2.75) is 0 Å². The smallest absolute Gasteiger partial charge is 0.0715 e. The van der Waals surface area contributed by atoms with Crippen molar-refractivity contribution in [3.63, 3.8) is 0 Å². The number of aromatic nitrogens is 2. The van der Waals surface area contributed by atoms with Gasteiger partial charge in [0.1, 0.15) is 0 Å². The zero-order valence-corrected chi connectivity index (χ0v) is 26.9. The van der Waals surface area contributed by atoms with Gasteiger partial charge < -0.3 is 4.57 Å². The van der Waals surface area contributed by atoms with Crippen LogP contribution in [0.3, 0.4) is 0 Å². The molecule has 0 saturated heterocycles. The minimum Gasteiger partial charge on any atom is -0.309 e. The van der Waals surface area contributed by atoms with E-state index in [1.54, 1.807) is 0 Å². The molecule has 230 valence electrons. The van der Waals surface area contributed by atoms with Gasteiger partial charge in [0.05, 0.1) is 22.4 Å². The number of hydrogen-bond donors (Lipinski definition) is 0. The van der Waals surface area contributed by atoms with Gasteiger partial charge >= 0.3 is 0 Å². The predicted molar refractivity (Wildman–Crippen MR) is 206 cm³/mol. The zero-order valence-electron chi connectivity index (χ0n) is 26.9. The molecule has 0 N–H and O–H groups in total. The van der Waals surface area contributed by atoms with Gasteiger partial charge in [-0.25, -0.2) is 4.98 Å². The van der Waals surface area contributed by atoms with E-state index < -0.39 is 0 Å². The van der Waals surface area contributed by atoms with Gasteiger partial charge in [0.2, 0.25) is 0 Å². The second-order valence-electron chi connectivity index (χ2n) is 12.4. The summed E-state index contributed by atoms with van der Waals surface area (Å²) in [6.45, 7) is 0. The van der Waals surface area contributed by atoms with Crippen LogP contribution in [0.2, 0.25) is 0 Å². The number of benzene rings is 7. The molecule has 2 heteroatoms. The fourth-order valence-corrected chi connectivity index (χ4v) is 6.99. The van der Waals surface area contributed by atoms with Crippen molar-refractivity contribution in [3.8, 4) is 61.6 Å². The van der Waals surface area contributed by atoms with Crippen LogP contribution >= 0.6 is 0 Å². The molecule has 0 saturated carbocycles. The monoisotopic (exact) mass is 624 g/mol. The van der Waals surface area contributed by atoms with Crippen molar-refractivity contribution in [1.82, 2.24) is 9.55 Å². The maximum Gasteiger partial charge on any atom is 0.0715 e. The van der Waals surface area contributed by atoms with Crippen molar-refractivity contribution in [3.05, 3.63) is 194 Å². The highest BCUT2D eigenvalue weighted by Crippen LogP contribution is 2.35. The Morgan fingerprint density at radius 3 is 1.33 bits per heavy atom. The molecule has 0 atom stereocenters. The molecule has 0 spiro atoms. The van der Waals surface area contributed by atoms with Crippen LogP contribution in [0, 0.1) is 0 Å². The lowest BCUT2D eigenvalue weighted by atomic mass is 9.96. The summed E-state index contributed by atoms with van der Waals surface area (Å²) in [5.74, 6) is 0. The lowest BCUT2D eigenvalue weighted by Crippen LogP contribution is -1.94. The van der Waals surface area contributed by atoms with Gasteiger partial charge in [-0.15, -0.1) is 0 Å². The lowest BCUT2D eigenvalue weighted by molar-refractivity contribution is 1.18. The van der Waals surface area contributed by atoms with Crippen LogP contribution in [-0.2, 0) is 0 Å². The number of rotatable bonds is 6. The van der Waals surface area contributed by atoms with Crippen molar-refractivity contribution < 1.29 is 0 Å². The molecular weight excluding hydrogens is 593 g/mol. The van der Waals surface area contributed by atoms with Crippen molar-refractivity contribution in [1.29, 1.82) is 0 Å². The van der Waals surface area contributed by atoms with Crippen LogP contribution in [0.25, 0.3) is 83.4 Å². The minimum atomic E-state index is 0.956. The third kappa shape index (κ3) is 5.40. The third-order valence-corrected chi connectivity index (χ3v) is 9.37. The largest absolute Gasteiger partial charge is 0.309 e. The number of hydrogen-bond acceptors (Lipinski definition) is 1. The summed E-state index contributed by atoms with van der Waals surface area (Å²) >= 11 is 0. The summed E-state index contributed by atoms with van der Waals surface area (Å²) in [5, 5.41) is 2.54. The summed E-state index contributed by atoms with van der Waals surface area (Å²) < 4.78 is 2.38. The van der Waals surface area contributed by atoms with Crippen molar-refractivity contribution in [2.75, 3.05) is 0 Å². The van der Waals surface area contributed by atoms with Gasteiger partial charge in [-0.1, -0.05) is 146 Å². The summed E-state index contributed by atoms with van der Waals surface area (Å²) in [6.07, 6.45) is 0. The van der Waals surface area contributed by atoms with E-state index in [0.29, 0.717) is 0 Å². The molecule has 0 radical (unpaired) electrons. The van der Waals surface area contributed by atoms with Crippen LogP contribution in [0.15, 0.2) is 194 Å². The highest BCUT2D eigenvalue weighted by Gasteiger charge is 2.13. The van der Waals surface area contributed by atoms with E-state index in [1.165, 1.54) is 44.1 Å². The summed E-state index contributed by atoms with van der Waals surface area (Å²) in [4.78, 5) is 5.17. The molecule has 0 amide bonds. The molecule has 9 aromatic rings. The first-order valence-corrected chi connectivity index (χ1v) is 16.7. The van der Waals surface area contributed by atoms with Gasteiger partial charge in [-0.3, -0.25) is 0 Å². The second kappa shape index (κ2) is 12.3. The predicted octanol–water partition coefficient (Wildman–Crippen LogP) is 12.5. The Morgan fingerprint density at radius 2 is 0.714 bits per heavy atom. The van der Waals surface area contributed by atoms with E-state index >= 15 is 0 Å². The van der Waals surface area contributed by atoms with E-state index in [1.807, 2.05) is 6.07 Å². The van der Waals surface area contributed by atoms with E-state index in [2.05, 4.69) is 193 Å². The number of para-hydroxylation sites is 2. The topological polar surface area (TPSA) is 17.8 Å². The van der Waals surface area contributed by atoms with E-state index in [9.17, 15) is 0 Å². The Morgan fingerprint density at radius 1 is 0.286 bits per heavy atom. The molecule has 2 aromatic heterocycles. The second-order valence-corrected chi connectivity index (χ2v) is 12.4. The molecule has 9 rings (SSSR count). The molecule has 0 bridgehead atoms. The highest BCUT2D eigenvalue weighted by atomic mass is 15.0. The van der Waals surface area contributed by atoms with Crippen LogP contribution in [0.4, 0.5) is 0 Å². The van der Waals surface area contributed by atoms with Crippen LogP contribution < -0.4 is 0 Å². The molecule has 2 heterocycles. The highest BCUT2D eigenvalue weighted by molar-refractivity contribution is 6.09. The molecule has 7 aromatic carbocycles. The average molecular weight is 625 g/mol. The Hall–Kier alpha value is -6.51. The molecule has 0 fully saturated rings. The summed E-state index contributed by atoms with van der Waals surface area (Å²) in [5.41, 5.74) is 14.7. The maximum absolute atomic E-state index is 5.17. The molecule has 0 aliphatic carbocycles. The Kier molecular flexibility index (Phi) is 7.18. The molecule has 2 nitrogen and oxygen atoms in total. The molecular formula is C47H32N2. The maximum atomic E-state index is 5.17. The third-order valence-electron chi connectivity index (χ3n) is 9.37. The Balaban J connectivity index is 1.11. The summed E-state index contributed by atoms with van der Waals surface area (Å²) in [7, 11) is 0. The first kappa shape index (κ1) is 28.7. The fraction of sp³-hybridized carbons (Fsp3) is 0. The molecule has 0 aliphatic rings. The van der Waals surface area contributed by atoms with E-state index in [4.69, 9.17) is 4.98 Å². The summed E-state index contributed by atoms with van der Waals surface area (Å²) in [6, 6.07) is 69.2. The number of pyridine rings is 1. The minimum absolute atomic E-state index is 0.956. The van der Waals surface area contributed by atoms with Crippen LogP contribution in [0.1, 0.15) is 0 Å². The van der Waals surface area contributed by atoms with Gasteiger partial charge in [0, 0.05) is 27.6 Å². The van der Waals surface area contributed by atoms with E-state index in [-0.39, 0.29) is 0 Å². The van der Waals surface area contributed by atoms with Crippen LogP contribution in [-0.4, -0.2) is 9.55 Å². The van der Waals surface area contributed by atoms with Gasteiger partial charge in [-0.2, -0.15) is 0 Å². The van der Waals surface area contributed by atoms with Crippen molar-refractivity contribution >= 4 is 21.8 Å². The van der Waals surface area contributed by atoms with Crippen molar-refractivity contribution in [2.24, 2.45) is 0 Å². The average Bonchev–Trinajstić information content (AvgIpc) is 3.53. The normalized spacial score (nSPS) is 11.3.